The average molecular weight is 394 g/mol. The third-order valence-corrected chi connectivity index (χ3v) is 5.16. The molecule has 0 fully saturated rings. The predicted octanol–water partition coefficient (Wildman–Crippen LogP) is 7.15. The van der Waals surface area contributed by atoms with Crippen molar-refractivity contribution in [2.24, 2.45) is 0 Å². The van der Waals surface area contributed by atoms with Gasteiger partial charge in [-0.3, -0.25) is 0 Å². The summed E-state index contributed by atoms with van der Waals surface area (Å²) in [6.45, 7) is 2.08. The Morgan fingerprint density at radius 2 is 1.00 bits per heavy atom. The molecule has 0 aliphatic rings. The second kappa shape index (κ2) is 8.79. The van der Waals surface area contributed by atoms with Gasteiger partial charge in [-0.2, -0.15) is 0 Å². The first kappa shape index (κ1) is 19.7. The molecule has 0 aliphatic heterocycles. The molecule has 0 saturated heterocycles. The maximum absolute atomic E-state index is 13.7. The molecule has 0 amide bonds. The van der Waals surface area contributed by atoms with Crippen LogP contribution in [0.5, 0.6) is 5.75 Å². The van der Waals surface area contributed by atoms with Gasteiger partial charge in [0, 0.05) is 0 Å². The number of methoxy groups -OCH3 is 1. The van der Waals surface area contributed by atoms with E-state index < -0.39 is 0 Å². The van der Waals surface area contributed by atoms with E-state index in [2.05, 4.69) is 55.5 Å². The molecule has 0 spiro atoms. The van der Waals surface area contributed by atoms with Crippen molar-refractivity contribution in [3.63, 3.8) is 0 Å². The lowest BCUT2D eigenvalue weighted by Crippen LogP contribution is -1.98. The van der Waals surface area contributed by atoms with Gasteiger partial charge in [-0.05, 0) is 64.6 Å². The first-order valence-corrected chi connectivity index (χ1v) is 9.93. The normalized spacial score (nSPS) is 11.7. The molecule has 2 heteroatoms. The van der Waals surface area contributed by atoms with Gasteiger partial charge in [0.2, 0.25) is 0 Å². The average Bonchev–Trinajstić information content (AvgIpc) is 2.80. The third kappa shape index (κ3) is 4.18. The van der Waals surface area contributed by atoms with Crippen LogP contribution in [-0.2, 0) is 0 Å². The lowest BCUT2D eigenvalue weighted by Gasteiger charge is -2.18. The summed E-state index contributed by atoms with van der Waals surface area (Å²) in [4.78, 5) is 0. The fourth-order valence-electron chi connectivity index (χ4n) is 3.61. The van der Waals surface area contributed by atoms with E-state index in [9.17, 15) is 4.39 Å². The van der Waals surface area contributed by atoms with E-state index in [0.29, 0.717) is 0 Å². The van der Waals surface area contributed by atoms with Crippen LogP contribution in [0.25, 0.3) is 11.1 Å². The summed E-state index contributed by atoms with van der Waals surface area (Å²) < 4.78 is 19.1. The van der Waals surface area contributed by atoms with Gasteiger partial charge in [0.05, 0.1) is 7.11 Å². The maximum atomic E-state index is 13.7. The Morgan fingerprint density at radius 1 is 0.567 bits per heavy atom. The highest BCUT2D eigenvalue weighted by Crippen LogP contribution is 2.37. The number of ether oxygens (including phenoxy) is 1. The molecule has 1 nitrogen and oxygen atoms in total. The molecular weight excluding hydrogens is 371 g/mol. The smallest absolute Gasteiger partial charge is 0.123 e. The van der Waals surface area contributed by atoms with E-state index in [4.69, 9.17) is 4.74 Å². The van der Waals surface area contributed by atoms with Gasteiger partial charge >= 0.3 is 0 Å². The lowest BCUT2D eigenvalue weighted by molar-refractivity contribution is 0.415. The fraction of sp³-hybridized carbons (Fsp3) is 0.0714. The van der Waals surface area contributed by atoms with Crippen LogP contribution in [-0.4, -0.2) is 7.11 Å². The Labute approximate surface area is 177 Å². The van der Waals surface area contributed by atoms with E-state index in [1.807, 2.05) is 42.5 Å². The van der Waals surface area contributed by atoms with E-state index in [0.717, 1.165) is 39.1 Å². The quantitative estimate of drug-likeness (QED) is 0.327. The van der Waals surface area contributed by atoms with Crippen molar-refractivity contribution in [2.45, 2.75) is 6.92 Å². The Bertz CT molecular complexity index is 1140. The van der Waals surface area contributed by atoms with Crippen LogP contribution in [0.1, 0.15) is 27.8 Å². The van der Waals surface area contributed by atoms with E-state index in [1.165, 1.54) is 17.7 Å². The zero-order valence-electron chi connectivity index (χ0n) is 17.1. The van der Waals surface area contributed by atoms with Crippen LogP contribution < -0.4 is 4.74 Å². The van der Waals surface area contributed by atoms with Crippen molar-refractivity contribution < 1.29 is 9.13 Å². The summed E-state index contributed by atoms with van der Waals surface area (Å²) in [5.41, 5.74) is 7.58. The van der Waals surface area contributed by atoms with Gasteiger partial charge < -0.3 is 4.74 Å². The minimum absolute atomic E-state index is 0.243. The third-order valence-electron chi connectivity index (χ3n) is 5.16. The number of rotatable bonds is 5. The fourth-order valence-corrected chi connectivity index (χ4v) is 3.61. The largest absolute Gasteiger partial charge is 0.497 e. The highest BCUT2D eigenvalue weighted by Gasteiger charge is 2.16. The Morgan fingerprint density at radius 3 is 1.50 bits per heavy atom. The summed E-state index contributed by atoms with van der Waals surface area (Å²) >= 11 is 0. The van der Waals surface area contributed by atoms with Crippen molar-refractivity contribution >= 4 is 11.1 Å². The monoisotopic (exact) mass is 394 g/mol. The molecule has 0 saturated carbocycles. The maximum Gasteiger partial charge on any atom is 0.123 e. The van der Waals surface area contributed by atoms with E-state index in [-0.39, 0.29) is 5.82 Å². The van der Waals surface area contributed by atoms with Crippen LogP contribution in [0.3, 0.4) is 0 Å². The molecule has 0 radical (unpaired) electrons. The molecule has 4 aromatic carbocycles. The first-order valence-electron chi connectivity index (χ1n) is 9.93. The van der Waals surface area contributed by atoms with Crippen LogP contribution in [0, 0.1) is 12.7 Å². The van der Waals surface area contributed by atoms with Crippen molar-refractivity contribution in [3.8, 4) is 5.75 Å². The Hall–Kier alpha value is -3.65. The first-order chi connectivity index (χ1) is 14.7. The molecule has 0 atom stereocenters. The summed E-state index contributed by atoms with van der Waals surface area (Å²) in [5.74, 6) is 0.567. The summed E-state index contributed by atoms with van der Waals surface area (Å²) in [5, 5.41) is 0. The van der Waals surface area contributed by atoms with E-state index in [1.54, 1.807) is 7.11 Å². The number of aryl methyl sites for hydroxylation is 1. The summed E-state index contributed by atoms with van der Waals surface area (Å²) in [7, 11) is 1.67. The van der Waals surface area contributed by atoms with Gasteiger partial charge in [0.1, 0.15) is 11.6 Å². The number of halogens is 1. The van der Waals surface area contributed by atoms with Gasteiger partial charge in [-0.25, -0.2) is 4.39 Å². The van der Waals surface area contributed by atoms with Crippen LogP contribution in [0.2, 0.25) is 0 Å². The lowest BCUT2D eigenvalue weighted by atomic mass is 9.85. The van der Waals surface area contributed by atoms with Gasteiger partial charge in [0.25, 0.3) is 0 Å². The molecule has 4 aromatic rings. The van der Waals surface area contributed by atoms with Crippen molar-refractivity contribution in [3.05, 3.63) is 137 Å². The summed E-state index contributed by atoms with van der Waals surface area (Å²) in [6, 6.07) is 33.6. The Balaban J connectivity index is 2.05. The van der Waals surface area contributed by atoms with Crippen LogP contribution in [0.15, 0.2) is 103 Å². The number of benzene rings is 4. The van der Waals surface area contributed by atoms with Gasteiger partial charge in [0.15, 0.2) is 0 Å². The zero-order chi connectivity index (χ0) is 20.9. The SMILES string of the molecule is COc1ccc(/C(=C(\c2ccccc2)c2ccc(F)cc2)c2ccc(C)cc2)cc1. The molecule has 0 bridgehead atoms. The van der Waals surface area contributed by atoms with Crippen molar-refractivity contribution in [1.82, 2.24) is 0 Å². The predicted molar refractivity (Wildman–Crippen MR) is 122 cm³/mol. The van der Waals surface area contributed by atoms with Gasteiger partial charge in [-0.15, -0.1) is 0 Å². The van der Waals surface area contributed by atoms with Crippen molar-refractivity contribution in [1.29, 1.82) is 0 Å². The molecule has 0 aromatic heterocycles. The second-order valence-electron chi connectivity index (χ2n) is 7.22. The Kier molecular flexibility index (Phi) is 5.76. The zero-order valence-corrected chi connectivity index (χ0v) is 17.1. The highest BCUT2D eigenvalue weighted by molar-refractivity contribution is 6.04. The molecule has 0 heterocycles. The molecular formula is C28H23FO. The molecule has 0 N–H and O–H groups in total. The minimum atomic E-state index is -0.243. The highest BCUT2D eigenvalue weighted by atomic mass is 19.1. The topological polar surface area (TPSA) is 9.23 Å². The molecule has 148 valence electrons. The molecule has 30 heavy (non-hydrogen) atoms. The van der Waals surface area contributed by atoms with E-state index >= 15 is 0 Å². The standard InChI is InChI=1S/C28H23FO/c1-20-8-10-22(11-9-20)28(24-14-18-26(30-2)19-15-24)27(21-6-4-3-5-7-21)23-12-16-25(29)17-13-23/h3-19H,1-2H3/b28-27+. The number of hydrogen-bond acceptors (Lipinski definition) is 1. The molecule has 4 rings (SSSR count). The van der Waals surface area contributed by atoms with Gasteiger partial charge in [-0.1, -0.05) is 84.4 Å². The minimum Gasteiger partial charge on any atom is -0.497 e. The van der Waals surface area contributed by atoms with Crippen LogP contribution >= 0.6 is 0 Å². The second-order valence-corrected chi connectivity index (χ2v) is 7.22. The number of hydrogen-bond donors (Lipinski definition) is 0. The van der Waals surface area contributed by atoms with Crippen LogP contribution in [0.4, 0.5) is 4.39 Å². The van der Waals surface area contributed by atoms with Crippen molar-refractivity contribution in [2.75, 3.05) is 7.11 Å². The molecule has 0 unspecified atom stereocenters. The summed E-state index contributed by atoms with van der Waals surface area (Å²) in [6.07, 6.45) is 0. The molecule has 0 aliphatic carbocycles.